The van der Waals surface area contributed by atoms with Crippen LogP contribution in [0.15, 0.2) is 29.2 Å². The molecule has 2 aromatic heterocycles. The van der Waals surface area contributed by atoms with Crippen molar-refractivity contribution in [1.29, 1.82) is 5.26 Å². The maximum Gasteiger partial charge on any atom is 0.265 e. The highest BCUT2D eigenvalue weighted by molar-refractivity contribution is 7.18. The normalized spacial score (nSPS) is 10.1. The second-order valence-corrected chi connectivity index (χ2v) is 5.66. The van der Waals surface area contributed by atoms with E-state index in [0.717, 1.165) is 15.9 Å². The fourth-order valence-corrected chi connectivity index (χ4v) is 2.69. The van der Waals surface area contributed by atoms with Crippen LogP contribution in [0.1, 0.15) is 15.2 Å². The van der Waals surface area contributed by atoms with E-state index in [1.54, 1.807) is 0 Å². The number of carbonyl (C=O) groups excluding carboxylic acids is 1. The molecule has 5 nitrogen and oxygen atoms in total. The quantitative estimate of drug-likeness (QED) is 0.939. The van der Waals surface area contributed by atoms with Crippen molar-refractivity contribution in [2.75, 3.05) is 12.0 Å². The summed E-state index contributed by atoms with van der Waals surface area (Å²) in [7, 11) is 0. The summed E-state index contributed by atoms with van der Waals surface area (Å²) in [6.07, 6.45) is 1.36. The maximum absolute atomic E-state index is 12.3. The fraction of sp³-hybridized carbons (Fsp3) is 0.154. The number of alkyl halides is 1. The molecule has 0 aliphatic rings. The maximum atomic E-state index is 12.3. The lowest BCUT2D eigenvalue weighted by Crippen LogP contribution is -2.21. The van der Waals surface area contributed by atoms with Crippen molar-refractivity contribution in [3.63, 3.8) is 0 Å². The summed E-state index contributed by atoms with van der Waals surface area (Å²) in [5, 5.41) is 11.4. The summed E-state index contributed by atoms with van der Waals surface area (Å²) in [4.78, 5) is 23.7. The highest BCUT2D eigenvalue weighted by Crippen LogP contribution is 2.27. The first kappa shape index (κ1) is 15.2. The van der Waals surface area contributed by atoms with Gasteiger partial charge in [0.1, 0.15) is 17.1 Å². The minimum absolute atomic E-state index is 0.0774. The van der Waals surface area contributed by atoms with Crippen LogP contribution in [0.5, 0.6) is 0 Å². The summed E-state index contributed by atoms with van der Waals surface area (Å²) in [5.74, 6) is -0.450. The van der Waals surface area contributed by atoms with Gasteiger partial charge in [0, 0.05) is 12.3 Å². The Morgan fingerprint density at radius 3 is 2.90 bits per heavy atom. The molecule has 0 aliphatic carbocycles. The van der Waals surface area contributed by atoms with Gasteiger partial charge in [0.15, 0.2) is 0 Å². The van der Waals surface area contributed by atoms with Gasteiger partial charge in [-0.1, -0.05) is 11.6 Å². The standard InChI is InChI=1S/C13H9ClFN3O2S/c14-12-8(6-16)5-10(21-12)13(20)17-9-1-2-11(19)18(7-9)4-3-15/h1-2,5,7H,3-4H2,(H,17,20). The predicted octanol–water partition coefficient (Wildman–Crippen LogP) is 2.66. The van der Waals surface area contributed by atoms with E-state index in [-0.39, 0.29) is 26.9 Å². The van der Waals surface area contributed by atoms with E-state index in [9.17, 15) is 14.0 Å². The number of hydrogen-bond donors (Lipinski definition) is 1. The minimum atomic E-state index is -0.677. The molecule has 1 amide bonds. The van der Waals surface area contributed by atoms with Gasteiger partial charge in [0.2, 0.25) is 0 Å². The summed E-state index contributed by atoms with van der Waals surface area (Å²) < 4.78 is 13.7. The van der Waals surface area contributed by atoms with E-state index in [0.29, 0.717) is 5.69 Å². The lowest BCUT2D eigenvalue weighted by molar-refractivity contribution is 0.103. The van der Waals surface area contributed by atoms with Crippen LogP contribution in [-0.4, -0.2) is 17.1 Å². The van der Waals surface area contributed by atoms with Crippen LogP contribution in [0, 0.1) is 11.3 Å². The van der Waals surface area contributed by atoms with E-state index >= 15 is 0 Å². The molecule has 0 fully saturated rings. The number of rotatable bonds is 4. The van der Waals surface area contributed by atoms with Gasteiger partial charge in [-0.2, -0.15) is 5.26 Å². The van der Waals surface area contributed by atoms with Gasteiger partial charge in [0.05, 0.1) is 22.7 Å². The van der Waals surface area contributed by atoms with Crippen molar-refractivity contribution in [1.82, 2.24) is 4.57 Å². The lowest BCUT2D eigenvalue weighted by atomic mass is 10.3. The Balaban J connectivity index is 2.21. The predicted molar refractivity (Wildman–Crippen MR) is 78.7 cm³/mol. The molecule has 21 heavy (non-hydrogen) atoms. The first-order valence-electron chi connectivity index (χ1n) is 5.82. The molecule has 1 N–H and O–H groups in total. The molecule has 0 aliphatic heterocycles. The van der Waals surface area contributed by atoms with Crippen LogP contribution in [0.3, 0.4) is 0 Å². The van der Waals surface area contributed by atoms with E-state index in [1.807, 2.05) is 6.07 Å². The number of nitrogens with one attached hydrogen (secondary N) is 1. The minimum Gasteiger partial charge on any atom is -0.320 e. The number of halogens is 2. The smallest absolute Gasteiger partial charge is 0.265 e. The number of amides is 1. The Bertz CT molecular complexity index is 778. The molecule has 0 radical (unpaired) electrons. The highest BCUT2D eigenvalue weighted by atomic mass is 35.5. The molecule has 8 heteroatoms. The number of carbonyl (C=O) groups is 1. The number of hydrogen-bond acceptors (Lipinski definition) is 4. The molecule has 0 saturated carbocycles. The van der Waals surface area contributed by atoms with Crippen LogP contribution >= 0.6 is 22.9 Å². The molecule has 0 spiro atoms. The first-order chi connectivity index (χ1) is 10.0. The molecule has 0 atom stereocenters. The Labute approximate surface area is 128 Å². The Kier molecular flexibility index (Phi) is 4.73. The van der Waals surface area contributed by atoms with Gasteiger partial charge in [-0.05, 0) is 12.1 Å². The lowest BCUT2D eigenvalue weighted by Gasteiger charge is -2.07. The third-order valence-electron chi connectivity index (χ3n) is 2.60. The van der Waals surface area contributed by atoms with Crippen molar-refractivity contribution < 1.29 is 9.18 Å². The van der Waals surface area contributed by atoms with Crippen molar-refractivity contribution in [2.24, 2.45) is 0 Å². The molecular formula is C13H9ClFN3O2S. The topological polar surface area (TPSA) is 74.9 Å². The summed E-state index contributed by atoms with van der Waals surface area (Å²) >= 11 is 6.79. The zero-order valence-electron chi connectivity index (χ0n) is 10.6. The monoisotopic (exact) mass is 325 g/mol. The van der Waals surface area contributed by atoms with Crippen LogP contribution in [-0.2, 0) is 6.54 Å². The molecular weight excluding hydrogens is 317 g/mol. The third-order valence-corrected chi connectivity index (χ3v) is 3.96. The molecule has 2 heterocycles. The second-order valence-electron chi connectivity index (χ2n) is 4.00. The number of nitriles is 1. The average molecular weight is 326 g/mol. The fourth-order valence-electron chi connectivity index (χ4n) is 1.62. The Morgan fingerprint density at radius 1 is 1.52 bits per heavy atom. The number of aromatic nitrogens is 1. The van der Waals surface area contributed by atoms with Crippen LogP contribution in [0.25, 0.3) is 0 Å². The van der Waals surface area contributed by atoms with Gasteiger partial charge in [0.25, 0.3) is 11.5 Å². The summed E-state index contributed by atoms with van der Waals surface area (Å²) in [6.45, 7) is -0.755. The molecule has 2 aromatic rings. The van der Waals surface area contributed by atoms with Gasteiger partial charge >= 0.3 is 0 Å². The average Bonchev–Trinajstić information content (AvgIpc) is 2.84. The number of nitrogens with zero attached hydrogens (tertiary/aromatic N) is 2. The molecule has 0 unspecified atom stereocenters. The van der Waals surface area contributed by atoms with Crippen molar-refractivity contribution >= 4 is 34.5 Å². The third kappa shape index (κ3) is 3.48. The Hall–Kier alpha value is -2.17. The second kappa shape index (κ2) is 6.52. The molecule has 0 bridgehead atoms. The van der Waals surface area contributed by atoms with Gasteiger partial charge < -0.3 is 9.88 Å². The molecule has 2 rings (SSSR count). The molecule has 108 valence electrons. The number of anilines is 1. The van der Waals surface area contributed by atoms with Gasteiger partial charge in [-0.15, -0.1) is 11.3 Å². The van der Waals surface area contributed by atoms with Crippen LogP contribution in [0.2, 0.25) is 4.34 Å². The van der Waals surface area contributed by atoms with Crippen molar-refractivity contribution in [2.45, 2.75) is 6.54 Å². The summed E-state index contributed by atoms with van der Waals surface area (Å²) in [5.41, 5.74) is 0.238. The van der Waals surface area contributed by atoms with E-state index in [2.05, 4.69) is 5.32 Å². The summed E-state index contributed by atoms with van der Waals surface area (Å²) in [6, 6.07) is 5.94. The van der Waals surface area contributed by atoms with E-state index in [4.69, 9.17) is 16.9 Å². The van der Waals surface area contributed by atoms with Crippen LogP contribution in [0.4, 0.5) is 10.1 Å². The SMILES string of the molecule is N#Cc1cc(C(=O)Nc2ccc(=O)n(CCF)c2)sc1Cl. The molecule has 0 aromatic carbocycles. The number of thiophene rings is 1. The Morgan fingerprint density at radius 2 is 2.29 bits per heavy atom. The van der Waals surface area contributed by atoms with Crippen LogP contribution < -0.4 is 10.9 Å². The highest BCUT2D eigenvalue weighted by Gasteiger charge is 2.14. The van der Waals surface area contributed by atoms with Crippen molar-refractivity contribution in [3.05, 3.63) is 49.5 Å². The first-order valence-corrected chi connectivity index (χ1v) is 7.02. The zero-order valence-corrected chi connectivity index (χ0v) is 12.2. The van der Waals surface area contributed by atoms with E-state index in [1.165, 1.54) is 24.4 Å². The number of aryl methyl sites for hydroxylation is 1. The number of pyridine rings is 1. The van der Waals surface area contributed by atoms with Gasteiger partial charge in [-0.25, -0.2) is 4.39 Å². The van der Waals surface area contributed by atoms with Crippen molar-refractivity contribution in [3.8, 4) is 6.07 Å². The molecule has 0 saturated heterocycles. The zero-order chi connectivity index (χ0) is 15.4. The largest absolute Gasteiger partial charge is 0.320 e. The van der Waals surface area contributed by atoms with Gasteiger partial charge in [-0.3, -0.25) is 9.59 Å². The van der Waals surface area contributed by atoms with E-state index < -0.39 is 12.6 Å².